The number of aromatic amines is 1. The van der Waals surface area contributed by atoms with Crippen LogP contribution in [0.5, 0.6) is 5.88 Å². The number of methoxy groups -OCH3 is 1. The molecule has 2 aliphatic heterocycles. The first-order chi connectivity index (χ1) is 23.9. The molecule has 5 aromatic rings. The molecule has 0 bridgehead atoms. The fourth-order valence-corrected chi connectivity index (χ4v) is 7.37. The highest BCUT2D eigenvalue weighted by molar-refractivity contribution is 6.39. The molecule has 2 aliphatic rings. The van der Waals surface area contributed by atoms with Crippen LogP contribution in [0, 0.1) is 0 Å². The van der Waals surface area contributed by atoms with Gasteiger partial charge in [-0.25, -0.2) is 4.98 Å². The van der Waals surface area contributed by atoms with Gasteiger partial charge >= 0.3 is 0 Å². The van der Waals surface area contributed by atoms with Gasteiger partial charge in [-0.05, 0) is 42.0 Å². The van der Waals surface area contributed by atoms with Gasteiger partial charge in [0.15, 0.2) is 0 Å². The van der Waals surface area contributed by atoms with Crippen molar-refractivity contribution < 1.29 is 14.3 Å². The molecule has 49 heavy (non-hydrogen) atoms. The minimum Gasteiger partial charge on any atom is -0.481 e. The number of hydrogen-bond acceptors (Lipinski definition) is 6. The number of H-pyrrole nitrogens is 1. The summed E-state index contributed by atoms with van der Waals surface area (Å²) in [5.74, 6) is 0.749. The van der Waals surface area contributed by atoms with Crippen LogP contribution < -0.4 is 26.0 Å². The Bertz CT molecular complexity index is 2030. The number of carbonyl (C=O) groups excluding carboxylic acids is 2. The van der Waals surface area contributed by atoms with Crippen molar-refractivity contribution in [3.63, 3.8) is 0 Å². The topological polar surface area (TPSA) is 120 Å². The molecule has 2 amide bonds. The third kappa shape index (κ3) is 7.31. The molecule has 11 heteroatoms. The molecule has 252 valence electrons. The first-order valence-corrected chi connectivity index (χ1v) is 17.4. The zero-order valence-corrected chi connectivity index (χ0v) is 28.7. The maximum Gasteiger partial charge on any atom is 0.220 e. The van der Waals surface area contributed by atoms with Gasteiger partial charge in [-0.15, -0.1) is 0 Å². The Hall–Kier alpha value is -4.41. The van der Waals surface area contributed by atoms with Gasteiger partial charge in [0.05, 0.1) is 22.8 Å². The van der Waals surface area contributed by atoms with Crippen LogP contribution in [0.15, 0.2) is 72.8 Å². The highest BCUT2D eigenvalue weighted by Crippen LogP contribution is 2.42. The van der Waals surface area contributed by atoms with Crippen LogP contribution in [0.4, 0.5) is 0 Å². The van der Waals surface area contributed by atoms with Crippen molar-refractivity contribution in [2.24, 2.45) is 0 Å². The third-order valence-corrected chi connectivity index (χ3v) is 10.1. The van der Waals surface area contributed by atoms with Gasteiger partial charge in [0.2, 0.25) is 17.7 Å². The standard InChI is InChI=1S/C38H38Cl2N6O3/c1-49-38-24(18-41-19-25-11-14-34(47)44-25)10-13-32(46-38)31-7-3-6-30(37(31)40)29-5-2-4-28(36(29)39)22-8-9-23-16-27(43-33(23)17-22)21-42-20-26-12-15-35(48)45-26/h2-10,13,16-17,25-26,41-43H,11-12,14-15,18-21H2,1H3,(H,44,47)(H,45,48)/t25-,26+/m0/s1. The van der Waals surface area contributed by atoms with E-state index in [1.54, 1.807) is 7.11 Å². The predicted molar refractivity (Wildman–Crippen MR) is 195 cm³/mol. The van der Waals surface area contributed by atoms with Gasteiger partial charge in [0, 0.05) is 90.1 Å². The Labute approximate surface area is 295 Å². The lowest BCUT2D eigenvalue weighted by Crippen LogP contribution is -2.35. The molecule has 9 nitrogen and oxygen atoms in total. The fourth-order valence-electron chi connectivity index (χ4n) is 6.70. The van der Waals surface area contributed by atoms with E-state index in [0.29, 0.717) is 54.1 Å². The van der Waals surface area contributed by atoms with Gasteiger partial charge in [-0.1, -0.05) is 77.8 Å². The summed E-state index contributed by atoms with van der Waals surface area (Å²) >= 11 is 14.2. The van der Waals surface area contributed by atoms with Crippen LogP contribution in [0.25, 0.3) is 44.4 Å². The van der Waals surface area contributed by atoms with Crippen molar-refractivity contribution in [1.82, 2.24) is 31.2 Å². The second kappa shape index (κ2) is 14.6. The molecule has 2 atom stereocenters. The number of aromatic nitrogens is 2. The minimum atomic E-state index is 0.104. The molecule has 5 N–H and O–H groups in total. The van der Waals surface area contributed by atoms with Crippen LogP contribution in [0.1, 0.15) is 36.9 Å². The number of halogens is 2. The number of carbonyl (C=O) groups is 2. The van der Waals surface area contributed by atoms with Crippen molar-refractivity contribution in [3.05, 3.63) is 94.1 Å². The molecule has 0 unspecified atom stereocenters. The molecule has 2 saturated heterocycles. The molecule has 2 fully saturated rings. The Morgan fingerprint density at radius 3 is 2.06 bits per heavy atom. The summed E-state index contributed by atoms with van der Waals surface area (Å²) in [6.07, 6.45) is 2.90. The number of rotatable bonds is 12. The fraction of sp³-hybridized carbons (Fsp3) is 0.289. The third-order valence-electron chi connectivity index (χ3n) is 9.27. The second-order valence-electron chi connectivity index (χ2n) is 12.7. The van der Waals surface area contributed by atoms with Crippen molar-refractivity contribution in [3.8, 4) is 39.4 Å². The number of fused-ring (bicyclic) bond motifs is 1. The second-order valence-corrected chi connectivity index (χ2v) is 13.4. The molecule has 0 saturated carbocycles. The van der Waals surface area contributed by atoms with Crippen molar-refractivity contribution in [2.45, 2.75) is 50.9 Å². The highest BCUT2D eigenvalue weighted by atomic mass is 35.5. The summed E-state index contributed by atoms with van der Waals surface area (Å²) in [4.78, 5) is 31.3. The normalized spacial score (nSPS) is 17.4. The SMILES string of the molecule is COc1nc(-c2cccc(-c3cccc(-c4ccc5cc(CNC[C@H]6CCC(=O)N6)[nH]c5c4)c3Cl)c2Cl)ccc1CNC[C@@H]1CCC(=O)N1. The number of amides is 2. The minimum absolute atomic E-state index is 0.104. The van der Waals surface area contributed by atoms with Gasteiger partial charge < -0.3 is 31.0 Å². The zero-order valence-electron chi connectivity index (χ0n) is 27.2. The van der Waals surface area contributed by atoms with Crippen LogP contribution in [0.2, 0.25) is 10.0 Å². The van der Waals surface area contributed by atoms with Gasteiger partial charge in [0.1, 0.15) is 0 Å². The number of pyridine rings is 1. The number of nitrogens with one attached hydrogen (secondary N) is 5. The van der Waals surface area contributed by atoms with Crippen LogP contribution in [-0.2, 0) is 22.7 Å². The van der Waals surface area contributed by atoms with Crippen molar-refractivity contribution in [1.29, 1.82) is 0 Å². The van der Waals surface area contributed by atoms with Crippen molar-refractivity contribution >= 4 is 45.9 Å². The average Bonchev–Trinajstić information content (AvgIpc) is 3.84. The van der Waals surface area contributed by atoms with E-state index in [1.807, 2.05) is 48.5 Å². The Kier molecular flexibility index (Phi) is 9.86. The van der Waals surface area contributed by atoms with E-state index in [9.17, 15) is 9.59 Å². The monoisotopic (exact) mass is 696 g/mol. The maximum absolute atomic E-state index is 11.5. The Balaban J connectivity index is 1.09. The lowest BCUT2D eigenvalue weighted by atomic mass is 9.96. The number of benzene rings is 3. The molecular weight excluding hydrogens is 659 g/mol. The largest absolute Gasteiger partial charge is 0.481 e. The van der Waals surface area contributed by atoms with Gasteiger partial charge in [0.25, 0.3) is 0 Å². The quantitative estimate of drug-likeness (QED) is 0.100. The molecule has 0 aliphatic carbocycles. The number of ether oxygens (including phenoxy) is 1. The molecule has 4 heterocycles. The summed E-state index contributed by atoms with van der Waals surface area (Å²) in [6, 6.07) is 24.6. The Morgan fingerprint density at radius 1 is 0.776 bits per heavy atom. The number of nitrogens with zero attached hydrogens (tertiary/aromatic N) is 1. The van der Waals surface area contributed by atoms with E-state index in [1.165, 1.54) is 0 Å². The van der Waals surface area contributed by atoms with E-state index in [4.69, 9.17) is 32.9 Å². The molecule has 7 rings (SSSR count). The average molecular weight is 698 g/mol. The highest BCUT2D eigenvalue weighted by Gasteiger charge is 2.22. The van der Waals surface area contributed by atoms with Crippen LogP contribution in [0.3, 0.4) is 0 Å². The number of hydrogen-bond donors (Lipinski definition) is 5. The lowest BCUT2D eigenvalue weighted by Gasteiger charge is -2.16. The molecule has 0 spiro atoms. The smallest absolute Gasteiger partial charge is 0.220 e. The molecule has 2 aromatic heterocycles. The van der Waals surface area contributed by atoms with Crippen LogP contribution in [-0.4, -0.2) is 54.1 Å². The lowest BCUT2D eigenvalue weighted by molar-refractivity contribution is -0.120. The van der Waals surface area contributed by atoms with E-state index < -0.39 is 0 Å². The van der Waals surface area contributed by atoms with Gasteiger partial charge in [-0.2, -0.15) is 0 Å². The molecule has 0 radical (unpaired) electrons. The van der Waals surface area contributed by atoms with E-state index in [-0.39, 0.29) is 23.9 Å². The maximum atomic E-state index is 11.5. The zero-order chi connectivity index (χ0) is 33.9. The summed E-state index contributed by atoms with van der Waals surface area (Å²) < 4.78 is 5.66. The van der Waals surface area contributed by atoms with Crippen LogP contribution >= 0.6 is 23.2 Å². The molecular formula is C38H38Cl2N6O3. The molecule has 3 aromatic carbocycles. The van der Waals surface area contributed by atoms with Gasteiger partial charge in [-0.3, -0.25) is 9.59 Å². The summed E-state index contributed by atoms with van der Waals surface area (Å²) in [5.41, 5.74) is 8.02. The van der Waals surface area contributed by atoms with E-state index >= 15 is 0 Å². The first-order valence-electron chi connectivity index (χ1n) is 16.6. The van der Waals surface area contributed by atoms with Crippen molar-refractivity contribution in [2.75, 3.05) is 20.2 Å². The first kappa shape index (κ1) is 33.1. The summed E-state index contributed by atoms with van der Waals surface area (Å²) in [5, 5.41) is 15.1. The Morgan fingerprint density at radius 2 is 1.41 bits per heavy atom. The van der Waals surface area contributed by atoms with E-state index in [0.717, 1.165) is 69.4 Å². The summed E-state index contributed by atoms with van der Waals surface area (Å²) in [6.45, 7) is 2.68. The van der Waals surface area contributed by atoms with E-state index in [2.05, 4.69) is 50.5 Å². The summed E-state index contributed by atoms with van der Waals surface area (Å²) in [7, 11) is 1.61. The predicted octanol–water partition coefficient (Wildman–Crippen LogP) is 6.62.